The van der Waals surface area contributed by atoms with Gasteiger partial charge in [-0.1, -0.05) is 30.3 Å². The summed E-state index contributed by atoms with van der Waals surface area (Å²) in [6, 6.07) is 8.06. The van der Waals surface area contributed by atoms with Gasteiger partial charge in [0.25, 0.3) is 0 Å². The van der Waals surface area contributed by atoms with Crippen LogP contribution in [0.3, 0.4) is 0 Å². The lowest BCUT2D eigenvalue weighted by atomic mass is 10.1. The summed E-state index contributed by atoms with van der Waals surface area (Å²) in [5, 5.41) is 3.34. The SMILES string of the molecule is Fc1c(F)c(C(F)(F)F)c(F)c(F)c1NN=Cc1ccccc1. The molecule has 122 valence electrons. The number of halogens is 7. The number of nitrogens with zero attached hydrogens (tertiary/aromatic N) is 1. The number of alkyl halides is 3. The third kappa shape index (κ3) is 3.43. The predicted molar refractivity (Wildman–Crippen MR) is 68.9 cm³/mol. The molecule has 0 fully saturated rings. The number of nitrogens with one attached hydrogen (secondary N) is 1. The molecule has 0 heterocycles. The average molecular weight is 336 g/mol. The maximum absolute atomic E-state index is 13.5. The van der Waals surface area contributed by atoms with Crippen molar-refractivity contribution in [2.24, 2.45) is 5.10 Å². The number of benzene rings is 2. The van der Waals surface area contributed by atoms with Crippen molar-refractivity contribution >= 4 is 11.9 Å². The van der Waals surface area contributed by atoms with E-state index < -0.39 is 40.7 Å². The Bertz CT molecular complexity index is 710. The molecular formula is C14H7F7N2. The van der Waals surface area contributed by atoms with Gasteiger partial charge < -0.3 is 0 Å². The van der Waals surface area contributed by atoms with Gasteiger partial charge in [-0.25, -0.2) is 17.6 Å². The fourth-order valence-electron chi connectivity index (χ4n) is 1.69. The number of hydrogen-bond acceptors (Lipinski definition) is 2. The Kier molecular flexibility index (Phi) is 4.57. The number of anilines is 1. The highest BCUT2D eigenvalue weighted by atomic mass is 19.4. The van der Waals surface area contributed by atoms with Gasteiger partial charge in [0.15, 0.2) is 23.3 Å². The molecule has 23 heavy (non-hydrogen) atoms. The van der Waals surface area contributed by atoms with Crippen LogP contribution in [0.2, 0.25) is 0 Å². The van der Waals surface area contributed by atoms with Crippen LogP contribution in [0.5, 0.6) is 0 Å². The summed E-state index contributed by atoms with van der Waals surface area (Å²) in [5.74, 6) is -9.54. The zero-order valence-corrected chi connectivity index (χ0v) is 11.1. The average Bonchev–Trinajstić information content (AvgIpc) is 2.48. The Labute approximate surface area is 125 Å². The fraction of sp³-hybridized carbons (Fsp3) is 0.0714. The second kappa shape index (κ2) is 6.27. The van der Waals surface area contributed by atoms with Gasteiger partial charge in [0.1, 0.15) is 11.3 Å². The lowest BCUT2D eigenvalue weighted by molar-refractivity contribution is -0.143. The molecule has 0 atom stereocenters. The lowest BCUT2D eigenvalue weighted by Gasteiger charge is -2.13. The van der Waals surface area contributed by atoms with E-state index in [4.69, 9.17) is 0 Å². The Balaban J connectivity index is 2.39. The molecule has 0 saturated heterocycles. The summed E-state index contributed by atoms with van der Waals surface area (Å²) in [6.45, 7) is 0. The molecule has 0 aliphatic heterocycles. The minimum atomic E-state index is -5.58. The Hall–Kier alpha value is -2.58. The van der Waals surface area contributed by atoms with Gasteiger partial charge in [0.2, 0.25) is 0 Å². The first-order valence-electron chi connectivity index (χ1n) is 6.00. The minimum absolute atomic E-state index is 0.480. The van der Waals surface area contributed by atoms with E-state index in [1.165, 1.54) is 0 Å². The minimum Gasteiger partial charge on any atom is -0.272 e. The van der Waals surface area contributed by atoms with Gasteiger partial charge in [0.05, 0.1) is 6.21 Å². The summed E-state index contributed by atoms with van der Waals surface area (Å²) in [4.78, 5) is 0. The number of hydrogen-bond donors (Lipinski definition) is 1. The van der Waals surface area contributed by atoms with Gasteiger partial charge in [-0.2, -0.15) is 18.3 Å². The number of rotatable bonds is 3. The van der Waals surface area contributed by atoms with Gasteiger partial charge in [-0.05, 0) is 5.56 Å². The first kappa shape index (κ1) is 16.8. The highest BCUT2D eigenvalue weighted by molar-refractivity contribution is 5.80. The van der Waals surface area contributed by atoms with Gasteiger partial charge in [-0.15, -0.1) is 0 Å². The molecule has 2 rings (SSSR count). The van der Waals surface area contributed by atoms with Crippen LogP contribution in [-0.4, -0.2) is 6.21 Å². The first-order chi connectivity index (χ1) is 10.7. The molecule has 2 aromatic rings. The third-order valence-electron chi connectivity index (χ3n) is 2.74. The maximum Gasteiger partial charge on any atom is 0.422 e. The molecule has 2 aromatic carbocycles. The Morgan fingerprint density at radius 3 is 1.83 bits per heavy atom. The van der Waals surface area contributed by atoms with E-state index in [0.717, 1.165) is 6.21 Å². The Morgan fingerprint density at radius 2 is 1.35 bits per heavy atom. The van der Waals surface area contributed by atoms with Crippen molar-refractivity contribution < 1.29 is 30.7 Å². The zero-order valence-electron chi connectivity index (χ0n) is 11.1. The second-order valence-electron chi connectivity index (χ2n) is 4.28. The molecule has 1 N–H and O–H groups in total. The molecule has 0 aromatic heterocycles. The van der Waals surface area contributed by atoms with E-state index in [-0.39, 0.29) is 0 Å². The molecule has 0 unspecified atom stereocenters. The van der Waals surface area contributed by atoms with Crippen LogP contribution in [0, 0.1) is 23.3 Å². The van der Waals surface area contributed by atoms with E-state index in [2.05, 4.69) is 5.10 Å². The maximum atomic E-state index is 13.5. The molecule has 0 amide bonds. The third-order valence-corrected chi connectivity index (χ3v) is 2.74. The molecule has 9 heteroatoms. The first-order valence-corrected chi connectivity index (χ1v) is 6.00. The van der Waals surface area contributed by atoms with Crippen molar-refractivity contribution in [3.8, 4) is 0 Å². The van der Waals surface area contributed by atoms with E-state index in [1.807, 2.05) is 0 Å². The van der Waals surface area contributed by atoms with E-state index >= 15 is 0 Å². The molecule has 0 radical (unpaired) electrons. The topological polar surface area (TPSA) is 24.4 Å². The summed E-state index contributed by atoms with van der Waals surface area (Å²) >= 11 is 0. The highest BCUT2D eigenvalue weighted by Gasteiger charge is 2.42. The summed E-state index contributed by atoms with van der Waals surface area (Å²) in [6.07, 6.45) is -4.52. The van der Waals surface area contributed by atoms with Gasteiger partial charge >= 0.3 is 6.18 Å². The van der Waals surface area contributed by atoms with Gasteiger partial charge in [0, 0.05) is 0 Å². The van der Waals surface area contributed by atoms with Crippen LogP contribution in [0.4, 0.5) is 36.4 Å². The van der Waals surface area contributed by atoms with Crippen LogP contribution < -0.4 is 5.43 Å². The van der Waals surface area contributed by atoms with Crippen molar-refractivity contribution in [3.05, 3.63) is 64.7 Å². The molecule has 2 nitrogen and oxygen atoms in total. The van der Waals surface area contributed by atoms with Crippen LogP contribution in [0.1, 0.15) is 11.1 Å². The monoisotopic (exact) mass is 336 g/mol. The van der Waals surface area contributed by atoms with Crippen molar-refractivity contribution in [3.63, 3.8) is 0 Å². The zero-order chi connectivity index (χ0) is 17.2. The van der Waals surface area contributed by atoms with Crippen LogP contribution in [0.15, 0.2) is 35.4 Å². The normalized spacial score (nSPS) is 12.0. The van der Waals surface area contributed by atoms with Gasteiger partial charge in [-0.3, -0.25) is 5.43 Å². The van der Waals surface area contributed by atoms with E-state index in [9.17, 15) is 30.7 Å². The highest BCUT2D eigenvalue weighted by Crippen LogP contribution is 2.38. The van der Waals surface area contributed by atoms with Crippen LogP contribution >= 0.6 is 0 Å². The summed E-state index contributed by atoms with van der Waals surface area (Å²) < 4.78 is 91.0. The molecule has 0 saturated carbocycles. The predicted octanol–water partition coefficient (Wildman–Crippen LogP) is 4.71. The fourth-order valence-corrected chi connectivity index (χ4v) is 1.69. The standard InChI is InChI=1S/C14H7F7N2/c15-9-8(14(19,20)21)10(16)12(18)13(11(9)17)23-22-6-7-4-2-1-3-5-7/h1-6,23H. The smallest absolute Gasteiger partial charge is 0.272 e. The van der Waals surface area contributed by atoms with Crippen molar-refractivity contribution in [2.75, 3.05) is 5.43 Å². The number of hydrazone groups is 1. The summed E-state index contributed by atoms with van der Waals surface area (Å²) in [7, 11) is 0. The van der Waals surface area contributed by atoms with Crippen molar-refractivity contribution in [2.45, 2.75) is 6.18 Å². The quantitative estimate of drug-likeness (QED) is 0.373. The largest absolute Gasteiger partial charge is 0.422 e. The Morgan fingerprint density at radius 1 is 0.826 bits per heavy atom. The van der Waals surface area contributed by atoms with Crippen molar-refractivity contribution in [1.29, 1.82) is 0 Å². The summed E-state index contributed by atoms with van der Waals surface area (Å²) in [5.41, 5.74) is -1.95. The van der Waals surface area contributed by atoms with E-state index in [0.29, 0.717) is 5.56 Å². The lowest BCUT2D eigenvalue weighted by Crippen LogP contribution is -2.16. The van der Waals surface area contributed by atoms with E-state index in [1.54, 1.807) is 35.8 Å². The molecule has 0 aliphatic carbocycles. The molecular weight excluding hydrogens is 329 g/mol. The molecule has 0 aliphatic rings. The van der Waals surface area contributed by atoms with Crippen molar-refractivity contribution in [1.82, 2.24) is 0 Å². The molecule has 0 spiro atoms. The molecule has 0 bridgehead atoms. The second-order valence-corrected chi connectivity index (χ2v) is 4.28. The van der Waals surface area contributed by atoms with Crippen LogP contribution in [0.25, 0.3) is 0 Å². The van der Waals surface area contributed by atoms with Crippen LogP contribution in [-0.2, 0) is 6.18 Å².